The molecule has 0 aliphatic heterocycles. The summed E-state index contributed by atoms with van der Waals surface area (Å²) in [5.41, 5.74) is 1.53. The molecule has 2 aromatic rings. The van der Waals surface area contributed by atoms with Gasteiger partial charge in [-0.1, -0.05) is 29.7 Å². The van der Waals surface area contributed by atoms with Crippen LogP contribution in [-0.4, -0.2) is 39.5 Å². The largest absolute Gasteiger partial charge is 0.427 e. The van der Waals surface area contributed by atoms with E-state index in [9.17, 15) is 8.42 Å². The van der Waals surface area contributed by atoms with Crippen LogP contribution in [0.5, 0.6) is 0 Å². The highest BCUT2D eigenvalue weighted by atomic mass is 32.2. The maximum absolute atomic E-state index is 12.2. The molecule has 0 aliphatic rings. The zero-order valence-electron chi connectivity index (χ0n) is 17.6. The molecule has 1 aromatic carbocycles. The van der Waals surface area contributed by atoms with Gasteiger partial charge in [0.05, 0.1) is 27.0 Å². The zero-order valence-corrected chi connectivity index (χ0v) is 19.2. The molecule has 0 atom stereocenters. The van der Waals surface area contributed by atoms with Gasteiger partial charge in [-0.05, 0) is 58.6 Å². The van der Waals surface area contributed by atoms with Gasteiger partial charge in [0.2, 0.25) is 10.0 Å². The molecule has 1 radical (unpaired) electrons. The molecule has 0 amide bonds. The minimum Gasteiger partial charge on any atom is -0.427 e. The van der Waals surface area contributed by atoms with Crippen molar-refractivity contribution in [2.45, 2.75) is 58.0 Å². The first kappa shape index (κ1) is 22.9. The fraction of sp³-hybridized carbons (Fsp3) is 0.500. The summed E-state index contributed by atoms with van der Waals surface area (Å²) in [5.74, 6) is 0. The Kier molecular flexibility index (Phi) is 7.02. The Labute approximate surface area is 173 Å². The quantitative estimate of drug-likeness (QED) is 0.620. The smallest absolute Gasteiger partial charge is 0.330 e. The van der Waals surface area contributed by atoms with Crippen molar-refractivity contribution in [2.24, 2.45) is 0 Å². The van der Waals surface area contributed by atoms with E-state index in [4.69, 9.17) is 9.39 Å². The summed E-state index contributed by atoms with van der Waals surface area (Å²) in [4.78, 5) is 0.887. The minimum absolute atomic E-state index is 0.442. The van der Waals surface area contributed by atoms with E-state index in [1.54, 1.807) is 34.5 Å². The van der Waals surface area contributed by atoms with Crippen LogP contribution in [0.15, 0.2) is 35.7 Å². The molecule has 0 saturated heterocycles. The van der Waals surface area contributed by atoms with Gasteiger partial charge in [0, 0.05) is 7.11 Å². The fourth-order valence-electron chi connectivity index (χ4n) is 2.20. The first-order chi connectivity index (χ1) is 12.9. The SMILES string of the molecule is COC(C)(C)C(C)(C)O[B]c1ccc(-c2sccc2NS(=O)(=O)C(C)C)cc1. The Morgan fingerprint density at radius 3 is 2.18 bits per heavy atom. The van der Waals surface area contributed by atoms with Gasteiger partial charge in [-0.3, -0.25) is 4.72 Å². The number of thiophene rings is 1. The van der Waals surface area contributed by atoms with Crippen LogP contribution >= 0.6 is 11.3 Å². The number of nitrogens with one attached hydrogen (secondary N) is 1. The van der Waals surface area contributed by atoms with Gasteiger partial charge in [-0.2, -0.15) is 0 Å². The van der Waals surface area contributed by atoms with Gasteiger partial charge in [-0.25, -0.2) is 8.42 Å². The number of benzene rings is 1. The lowest BCUT2D eigenvalue weighted by Gasteiger charge is -2.40. The number of ether oxygens (including phenoxy) is 1. The van der Waals surface area contributed by atoms with Crippen LogP contribution in [0.25, 0.3) is 10.4 Å². The lowest BCUT2D eigenvalue weighted by molar-refractivity contribution is -0.114. The number of hydrogen-bond donors (Lipinski definition) is 1. The molecule has 1 heterocycles. The van der Waals surface area contributed by atoms with E-state index in [0.717, 1.165) is 15.9 Å². The molecule has 1 N–H and O–H groups in total. The van der Waals surface area contributed by atoms with Crippen LogP contribution in [0, 0.1) is 0 Å². The second kappa shape index (κ2) is 8.57. The molecule has 153 valence electrons. The van der Waals surface area contributed by atoms with E-state index >= 15 is 0 Å². The zero-order chi connectivity index (χ0) is 21.2. The third-order valence-electron chi connectivity index (χ3n) is 5.16. The van der Waals surface area contributed by atoms with E-state index in [1.807, 2.05) is 57.3 Å². The second-order valence-corrected chi connectivity index (χ2v) is 11.1. The van der Waals surface area contributed by atoms with Gasteiger partial charge in [0.25, 0.3) is 0 Å². The van der Waals surface area contributed by atoms with Crippen LogP contribution in [0.4, 0.5) is 5.69 Å². The molecule has 2 rings (SSSR count). The Balaban J connectivity index is 2.13. The van der Waals surface area contributed by atoms with Crippen LogP contribution in [0.2, 0.25) is 0 Å². The van der Waals surface area contributed by atoms with Crippen molar-refractivity contribution in [3.8, 4) is 10.4 Å². The summed E-state index contributed by atoms with van der Waals surface area (Å²) < 4.78 is 38.6. The Morgan fingerprint density at radius 2 is 1.64 bits per heavy atom. The molecule has 5 nitrogen and oxygen atoms in total. The number of rotatable bonds is 9. The Hall–Kier alpha value is -1.35. The van der Waals surface area contributed by atoms with Crippen molar-refractivity contribution in [1.29, 1.82) is 0 Å². The van der Waals surface area contributed by atoms with E-state index in [1.165, 1.54) is 11.3 Å². The predicted octanol–water partition coefficient (Wildman–Crippen LogP) is 4.03. The van der Waals surface area contributed by atoms with Crippen molar-refractivity contribution < 1.29 is 17.8 Å². The minimum atomic E-state index is -3.38. The molecule has 28 heavy (non-hydrogen) atoms. The van der Waals surface area contributed by atoms with Gasteiger partial charge in [-0.15, -0.1) is 11.3 Å². The summed E-state index contributed by atoms with van der Waals surface area (Å²) in [5, 5.41) is 1.39. The first-order valence-electron chi connectivity index (χ1n) is 9.15. The molecule has 0 aliphatic carbocycles. The fourth-order valence-corrected chi connectivity index (χ4v) is 3.84. The van der Waals surface area contributed by atoms with Crippen LogP contribution in [0.3, 0.4) is 0 Å². The lowest BCUT2D eigenvalue weighted by atomic mass is 9.82. The van der Waals surface area contributed by atoms with Crippen molar-refractivity contribution in [3.05, 3.63) is 35.7 Å². The molecule has 8 heteroatoms. The summed E-state index contributed by atoms with van der Waals surface area (Å²) in [6, 6.07) is 9.61. The van der Waals surface area contributed by atoms with E-state index < -0.39 is 26.5 Å². The molecule has 0 bridgehead atoms. The van der Waals surface area contributed by atoms with Crippen molar-refractivity contribution >= 4 is 40.0 Å². The maximum atomic E-state index is 12.2. The summed E-state index contributed by atoms with van der Waals surface area (Å²) in [7, 11) is 0.0135. The van der Waals surface area contributed by atoms with E-state index in [0.29, 0.717) is 5.69 Å². The van der Waals surface area contributed by atoms with Gasteiger partial charge < -0.3 is 9.39 Å². The van der Waals surface area contributed by atoms with E-state index in [2.05, 4.69) is 4.72 Å². The third kappa shape index (κ3) is 5.17. The van der Waals surface area contributed by atoms with Gasteiger partial charge in [0.15, 0.2) is 0 Å². The standard InChI is InChI=1S/C20H29BNO4S2/c1-14(2)28(23,24)22-17-12-13-27-18(17)15-8-10-16(11-9-15)21-26-20(5,6)19(3,4)25-7/h8-14,22H,1-7H3. The molecule has 0 saturated carbocycles. The summed E-state index contributed by atoms with van der Waals surface area (Å²) in [6.07, 6.45) is 0. The number of hydrogen-bond acceptors (Lipinski definition) is 5. The molecule has 0 fully saturated rings. The third-order valence-corrected chi connectivity index (χ3v) is 7.87. The molecule has 0 spiro atoms. The molecular weight excluding hydrogens is 393 g/mol. The average molecular weight is 422 g/mol. The first-order valence-corrected chi connectivity index (χ1v) is 11.6. The average Bonchev–Trinajstić information content (AvgIpc) is 3.07. The summed E-state index contributed by atoms with van der Waals surface area (Å²) >= 11 is 1.50. The van der Waals surface area contributed by atoms with Crippen LogP contribution in [-0.2, 0) is 19.4 Å². The second-order valence-electron chi connectivity index (χ2n) is 7.94. The highest BCUT2D eigenvalue weighted by Gasteiger charge is 2.37. The topological polar surface area (TPSA) is 64.6 Å². The molecule has 1 aromatic heterocycles. The number of methoxy groups -OCH3 is 1. The van der Waals surface area contributed by atoms with Gasteiger partial charge in [0.1, 0.15) is 0 Å². The maximum Gasteiger partial charge on any atom is 0.330 e. The summed E-state index contributed by atoms with van der Waals surface area (Å²) in [6.45, 7) is 11.3. The monoisotopic (exact) mass is 422 g/mol. The Bertz CT molecular complexity index is 887. The molecular formula is C20H29BNO4S2. The van der Waals surface area contributed by atoms with Crippen LogP contribution in [0.1, 0.15) is 41.5 Å². The number of anilines is 1. The van der Waals surface area contributed by atoms with Crippen molar-refractivity contribution in [3.63, 3.8) is 0 Å². The lowest BCUT2D eigenvalue weighted by Crippen LogP contribution is -2.50. The predicted molar refractivity (Wildman–Crippen MR) is 119 cm³/mol. The van der Waals surface area contributed by atoms with Crippen molar-refractivity contribution in [2.75, 3.05) is 11.8 Å². The van der Waals surface area contributed by atoms with E-state index in [-0.39, 0.29) is 0 Å². The highest BCUT2D eigenvalue weighted by Crippen LogP contribution is 2.34. The van der Waals surface area contributed by atoms with Crippen LogP contribution < -0.4 is 10.2 Å². The Morgan fingerprint density at radius 1 is 1.04 bits per heavy atom. The normalized spacial score (nSPS) is 13.0. The molecule has 0 unspecified atom stereocenters. The number of sulfonamides is 1. The van der Waals surface area contributed by atoms with Crippen molar-refractivity contribution in [1.82, 2.24) is 0 Å². The highest BCUT2D eigenvalue weighted by molar-refractivity contribution is 7.93. The van der Waals surface area contributed by atoms with Gasteiger partial charge >= 0.3 is 7.48 Å².